The fraction of sp³-hybridized carbons (Fsp3) is 0.636. The van der Waals surface area contributed by atoms with Gasteiger partial charge in [0, 0.05) is 11.4 Å². The maximum absolute atomic E-state index is 6.58. The van der Waals surface area contributed by atoms with Gasteiger partial charge in [0.05, 0.1) is 0 Å². The summed E-state index contributed by atoms with van der Waals surface area (Å²) in [4.78, 5) is 0. The lowest BCUT2D eigenvalue weighted by molar-refractivity contribution is 0.155. The molecule has 0 aliphatic heterocycles. The Hall–Kier alpha value is -1.96. The zero-order valence-corrected chi connectivity index (χ0v) is 22.3. The monoisotopic (exact) mass is 474 g/mol. The highest BCUT2D eigenvalue weighted by Crippen LogP contribution is 2.45. The molecule has 0 bridgehead atoms. The summed E-state index contributed by atoms with van der Waals surface area (Å²) in [7, 11) is 0. The summed E-state index contributed by atoms with van der Waals surface area (Å²) in [6.07, 6.45) is 22.5. The van der Waals surface area contributed by atoms with Crippen LogP contribution in [0.25, 0.3) is 0 Å². The summed E-state index contributed by atoms with van der Waals surface area (Å²) < 4.78 is 0. The van der Waals surface area contributed by atoms with E-state index in [4.69, 9.17) is 11.5 Å². The summed E-state index contributed by atoms with van der Waals surface area (Å²) in [5, 5.41) is 0. The maximum atomic E-state index is 6.58. The number of benzene rings is 2. The molecule has 2 aromatic carbocycles. The van der Waals surface area contributed by atoms with Gasteiger partial charge in [0.1, 0.15) is 0 Å². The van der Waals surface area contributed by atoms with Crippen molar-refractivity contribution in [2.75, 3.05) is 11.5 Å². The molecule has 2 heteroatoms. The third-order valence-electron chi connectivity index (χ3n) is 9.27. The molecule has 4 N–H and O–H groups in total. The average Bonchev–Trinajstić information content (AvgIpc) is 2.88. The second kappa shape index (κ2) is 13.4. The number of unbranched alkanes of at least 4 members (excludes halogenated alkanes) is 5. The zero-order chi connectivity index (χ0) is 24.5. The van der Waals surface area contributed by atoms with E-state index in [9.17, 15) is 0 Å². The van der Waals surface area contributed by atoms with Crippen molar-refractivity contribution in [3.8, 4) is 0 Å². The molecule has 0 aromatic heterocycles. The van der Waals surface area contributed by atoms with Crippen molar-refractivity contribution in [3.63, 3.8) is 0 Å². The summed E-state index contributed by atoms with van der Waals surface area (Å²) in [5.74, 6) is 3.64. The van der Waals surface area contributed by atoms with Crippen LogP contribution in [0.2, 0.25) is 0 Å². The lowest BCUT2D eigenvalue weighted by Gasteiger charge is -2.38. The summed E-state index contributed by atoms with van der Waals surface area (Å²) >= 11 is 0. The highest BCUT2D eigenvalue weighted by atomic mass is 14.6. The fourth-order valence-corrected chi connectivity index (χ4v) is 7.04. The van der Waals surface area contributed by atoms with Crippen LogP contribution < -0.4 is 11.5 Å². The third-order valence-corrected chi connectivity index (χ3v) is 9.27. The minimum atomic E-state index is 0.654. The molecule has 35 heavy (non-hydrogen) atoms. The Morgan fingerprint density at radius 2 is 1.26 bits per heavy atom. The molecule has 0 saturated heterocycles. The van der Waals surface area contributed by atoms with Crippen molar-refractivity contribution in [1.29, 1.82) is 0 Å². The smallest absolute Gasteiger partial charge is 0.0352 e. The molecule has 0 heterocycles. The molecule has 0 spiro atoms. The van der Waals surface area contributed by atoms with Gasteiger partial charge in [0.25, 0.3) is 0 Å². The predicted molar refractivity (Wildman–Crippen MR) is 153 cm³/mol. The molecular formula is C33H50N2. The Labute approximate surface area is 215 Å². The van der Waals surface area contributed by atoms with Gasteiger partial charge in [-0.3, -0.25) is 0 Å². The molecule has 2 nitrogen and oxygen atoms in total. The Bertz CT molecular complexity index is 870. The minimum absolute atomic E-state index is 0.654. The molecule has 0 atom stereocenters. The van der Waals surface area contributed by atoms with Crippen LogP contribution in [0.4, 0.5) is 11.4 Å². The first-order chi connectivity index (χ1) is 17.1. The number of anilines is 2. The van der Waals surface area contributed by atoms with Gasteiger partial charge in [0.15, 0.2) is 0 Å². The van der Waals surface area contributed by atoms with Gasteiger partial charge in [-0.1, -0.05) is 89.0 Å². The first kappa shape index (κ1) is 26.1. The Morgan fingerprint density at radius 1 is 0.657 bits per heavy atom. The quantitative estimate of drug-likeness (QED) is 0.252. The van der Waals surface area contributed by atoms with Crippen molar-refractivity contribution >= 4 is 11.4 Å². The van der Waals surface area contributed by atoms with Crippen molar-refractivity contribution in [2.24, 2.45) is 17.8 Å². The average molecular weight is 475 g/mol. The van der Waals surface area contributed by atoms with E-state index in [0.717, 1.165) is 35.5 Å². The summed E-state index contributed by atoms with van der Waals surface area (Å²) in [6, 6.07) is 15.0. The van der Waals surface area contributed by atoms with Crippen LogP contribution >= 0.6 is 0 Å². The topological polar surface area (TPSA) is 52.0 Å². The maximum Gasteiger partial charge on any atom is 0.0352 e. The van der Waals surface area contributed by atoms with Crippen LogP contribution in [0, 0.1) is 17.8 Å². The van der Waals surface area contributed by atoms with E-state index in [2.05, 4.69) is 37.3 Å². The highest BCUT2D eigenvalue weighted by molar-refractivity contribution is 5.52. The molecule has 2 aliphatic rings. The van der Waals surface area contributed by atoms with Gasteiger partial charge in [-0.2, -0.15) is 0 Å². The van der Waals surface area contributed by atoms with Gasteiger partial charge in [0.2, 0.25) is 0 Å². The number of rotatable bonds is 11. The van der Waals surface area contributed by atoms with Crippen LogP contribution in [-0.2, 0) is 6.42 Å². The molecule has 2 saturated carbocycles. The van der Waals surface area contributed by atoms with E-state index in [-0.39, 0.29) is 0 Å². The van der Waals surface area contributed by atoms with E-state index in [1.807, 2.05) is 12.1 Å². The predicted octanol–water partition coefficient (Wildman–Crippen LogP) is 9.27. The van der Waals surface area contributed by atoms with E-state index >= 15 is 0 Å². The van der Waals surface area contributed by atoms with Gasteiger partial charge >= 0.3 is 0 Å². The molecule has 0 radical (unpaired) electrons. The Kier molecular flexibility index (Phi) is 9.98. The molecule has 0 unspecified atom stereocenters. The zero-order valence-electron chi connectivity index (χ0n) is 22.3. The second-order valence-corrected chi connectivity index (χ2v) is 11.8. The molecule has 4 rings (SSSR count). The van der Waals surface area contributed by atoms with Crippen LogP contribution in [0.5, 0.6) is 0 Å². The first-order valence-corrected chi connectivity index (χ1v) is 14.8. The lowest BCUT2D eigenvalue weighted by atomic mass is 9.68. The van der Waals surface area contributed by atoms with Gasteiger partial charge in [-0.25, -0.2) is 0 Å². The SMILES string of the molecule is CCCCCCCCC1CCC(C2CCC(c3ccc(Cc4ccc(N)cc4)cc3N)CC2)CC1. The summed E-state index contributed by atoms with van der Waals surface area (Å²) in [6.45, 7) is 2.31. The number of nitrogen functional groups attached to an aromatic ring is 2. The van der Waals surface area contributed by atoms with E-state index in [1.165, 1.54) is 113 Å². The molecule has 192 valence electrons. The molecule has 2 aromatic rings. The Morgan fingerprint density at radius 3 is 1.91 bits per heavy atom. The number of nitrogens with two attached hydrogens (primary N) is 2. The van der Waals surface area contributed by atoms with Crippen LogP contribution in [0.15, 0.2) is 42.5 Å². The van der Waals surface area contributed by atoms with Gasteiger partial charge in [-0.15, -0.1) is 0 Å². The first-order valence-electron chi connectivity index (χ1n) is 14.8. The van der Waals surface area contributed by atoms with E-state index < -0.39 is 0 Å². The number of hydrogen-bond donors (Lipinski definition) is 2. The van der Waals surface area contributed by atoms with Crippen LogP contribution in [0.3, 0.4) is 0 Å². The number of hydrogen-bond acceptors (Lipinski definition) is 2. The summed E-state index contributed by atoms with van der Waals surface area (Å²) in [5.41, 5.74) is 18.2. The lowest BCUT2D eigenvalue weighted by Crippen LogP contribution is -2.25. The second-order valence-electron chi connectivity index (χ2n) is 11.8. The van der Waals surface area contributed by atoms with Crippen molar-refractivity contribution in [1.82, 2.24) is 0 Å². The minimum Gasteiger partial charge on any atom is -0.399 e. The standard InChI is InChI=1S/C33H50N2/c1-2-3-4-5-6-7-8-25-9-14-28(15-10-25)29-16-18-30(19-17-29)32-22-13-27(24-33(32)35)23-26-11-20-31(34)21-12-26/h11-13,20-22,24-25,28-30H,2-10,14-19,23,34-35H2,1H3. The fourth-order valence-electron chi connectivity index (χ4n) is 7.04. The normalized spacial score (nSPS) is 24.9. The highest BCUT2D eigenvalue weighted by Gasteiger charge is 2.31. The van der Waals surface area contributed by atoms with Gasteiger partial charge < -0.3 is 11.5 Å². The van der Waals surface area contributed by atoms with Gasteiger partial charge in [-0.05, 0) is 104 Å². The van der Waals surface area contributed by atoms with E-state index in [0.29, 0.717) is 5.92 Å². The van der Waals surface area contributed by atoms with Crippen molar-refractivity contribution < 1.29 is 0 Å². The van der Waals surface area contributed by atoms with Crippen LogP contribution in [-0.4, -0.2) is 0 Å². The molecule has 2 aliphatic carbocycles. The Balaban J connectivity index is 1.18. The van der Waals surface area contributed by atoms with Crippen molar-refractivity contribution in [2.45, 2.75) is 116 Å². The molecule has 2 fully saturated rings. The van der Waals surface area contributed by atoms with Crippen molar-refractivity contribution in [3.05, 3.63) is 59.2 Å². The van der Waals surface area contributed by atoms with E-state index in [1.54, 1.807) is 0 Å². The molecular weight excluding hydrogens is 424 g/mol. The van der Waals surface area contributed by atoms with Crippen LogP contribution in [0.1, 0.15) is 126 Å². The largest absolute Gasteiger partial charge is 0.399 e. The molecule has 0 amide bonds. The third kappa shape index (κ3) is 7.76.